The molecule has 0 aliphatic heterocycles. The van der Waals surface area contributed by atoms with E-state index in [0.717, 1.165) is 9.88 Å². The summed E-state index contributed by atoms with van der Waals surface area (Å²) >= 11 is 2.88. The molecule has 0 unspecified atom stereocenters. The number of carbonyl (C=O) groups excluding carboxylic acids is 3. The molecule has 2 amide bonds. The minimum absolute atomic E-state index is 0.0583. The summed E-state index contributed by atoms with van der Waals surface area (Å²) in [5.74, 6) is -1.18. The Kier molecular flexibility index (Phi) is 7.31. The van der Waals surface area contributed by atoms with Crippen molar-refractivity contribution in [1.82, 2.24) is 9.88 Å². The summed E-state index contributed by atoms with van der Waals surface area (Å²) in [7, 11) is 0. The molecule has 0 bridgehead atoms. The quantitative estimate of drug-likeness (QED) is 0.529. The highest BCUT2D eigenvalue weighted by molar-refractivity contribution is 7.20. The maximum absolute atomic E-state index is 12.3. The lowest BCUT2D eigenvalue weighted by molar-refractivity contribution is -0.119. The van der Waals surface area contributed by atoms with Crippen LogP contribution in [-0.2, 0) is 9.53 Å². The van der Waals surface area contributed by atoms with Crippen LogP contribution in [0.2, 0.25) is 0 Å². The van der Waals surface area contributed by atoms with Gasteiger partial charge in [0.05, 0.1) is 4.88 Å². The third-order valence-corrected chi connectivity index (χ3v) is 6.13. The van der Waals surface area contributed by atoms with E-state index in [1.165, 1.54) is 22.7 Å². The van der Waals surface area contributed by atoms with Crippen LogP contribution in [0.1, 0.15) is 34.7 Å². The predicted octanol–water partition coefficient (Wildman–Crippen LogP) is 4.15. The summed E-state index contributed by atoms with van der Waals surface area (Å²) in [4.78, 5) is 43.5. The van der Waals surface area contributed by atoms with Crippen LogP contribution < -0.4 is 5.32 Å². The molecular formula is C21H21N3O4S2. The molecule has 0 aliphatic rings. The second-order valence-electron chi connectivity index (χ2n) is 6.19. The molecule has 2 heterocycles. The summed E-state index contributed by atoms with van der Waals surface area (Å²) in [5, 5.41) is 6.93. The van der Waals surface area contributed by atoms with Crippen molar-refractivity contribution in [1.29, 1.82) is 0 Å². The zero-order chi connectivity index (χ0) is 21.5. The summed E-state index contributed by atoms with van der Waals surface area (Å²) in [5.41, 5.74) is 1.24. The van der Waals surface area contributed by atoms with E-state index in [4.69, 9.17) is 4.74 Å². The third-order valence-electron chi connectivity index (χ3n) is 4.25. The molecule has 30 heavy (non-hydrogen) atoms. The number of hydrogen-bond acceptors (Lipinski definition) is 7. The predicted molar refractivity (Wildman–Crippen MR) is 118 cm³/mol. The van der Waals surface area contributed by atoms with Crippen molar-refractivity contribution in [2.45, 2.75) is 13.8 Å². The maximum atomic E-state index is 12.3. The molecule has 0 radical (unpaired) electrons. The van der Waals surface area contributed by atoms with Crippen molar-refractivity contribution in [3.63, 3.8) is 0 Å². The Morgan fingerprint density at radius 2 is 1.80 bits per heavy atom. The van der Waals surface area contributed by atoms with Crippen molar-refractivity contribution in [3.05, 3.63) is 58.4 Å². The van der Waals surface area contributed by atoms with Gasteiger partial charge in [-0.3, -0.25) is 9.59 Å². The van der Waals surface area contributed by atoms with Gasteiger partial charge in [0.2, 0.25) is 0 Å². The van der Waals surface area contributed by atoms with E-state index >= 15 is 0 Å². The van der Waals surface area contributed by atoms with Crippen LogP contribution in [0.3, 0.4) is 0 Å². The molecule has 2 aromatic heterocycles. The number of esters is 1. The Morgan fingerprint density at radius 1 is 1.07 bits per heavy atom. The topological polar surface area (TPSA) is 88.6 Å². The number of amides is 2. The van der Waals surface area contributed by atoms with Gasteiger partial charge >= 0.3 is 5.97 Å². The monoisotopic (exact) mass is 443 g/mol. The third kappa shape index (κ3) is 5.31. The molecular weight excluding hydrogens is 422 g/mol. The van der Waals surface area contributed by atoms with Gasteiger partial charge in [-0.15, -0.1) is 22.7 Å². The van der Waals surface area contributed by atoms with Crippen molar-refractivity contribution >= 4 is 46.1 Å². The van der Waals surface area contributed by atoms with E-state index < -0.39 is 18.5 Å². The molecule has 0 saturated heterocycles. The van der Waals surface area contributed by atoms with E-state index in [-0.39, 0.29) is 11.6 Å². The van der Waals surface area contributed by atoms with Gasteiger partial charge in [-0.1, -0.05) is 6.07 Å². The Balaban J connectivity index is 1.51. The van der Waals surface area contributed by atoms with Gasteiger partial charge in [-0.2, -0.15) is 0 Å². The number of thiazole rings is 1. The molecule has 0 fully saturated rings. The van der Waals surface area contributed by atoms with Gasteiger partial charge in [0.15, 0.2) is 12.3 Å². The number of thiophene rings is 1. The fourth-order valence-corrected chi connectivity index (χ4v) is 4.28. The fourth-order valence-electron chi connectivity index (χ4n) is 2.67. The Hall–Kier alpha value is -3.04. The van der Waals surface area contributed by atoms with E-state index in [2.05, 4.69) is 10.3 Å². The Morgan fingerprint density at radius 3 is 2.43 bits per heavy atom. The summed E-state index contributed by atoms with van der Waals surface area (Å²) in [6.45, 7) is 4.68. The molecule has 1 N–H and O–H groups in total. The van der Waals surface area contributed by atoms with Crippen LogP contribution in [-0.4, -0.2) is 47.4 Å². The molecule has 1 aromatic carbocycles. The van der Waals surface area contributed by atoms with Crippen LogP contribution in [0.4, 0.5) is 5.69 Å². The van der Waals surface area contributed by atoms with E-state index in [1.54, 1.807) is 34.5 Å². The minimum Gasteiger partial charge on any atom is -0.451 e. The number of nitrogens with one attached hydrogen (secondary N) is 1. The fraction of sp³-hybridized carbons (Fsp3) is 0.238. The first-order chi connectivity index (χ1) is 14.5. The van der Waals surface area contributed by atoms with E-state index in [9.17, 15) is 14.4 Å². The van der Waals surface area contributed by atoms with Crippen LogP contribution in [0, 0.1) is 0 Å². The molecule has 156 valence electrons. The Labute approximate surface area is 182 Å². The normalized spacial score (nSPS) is 10.5. The van der Waals surface area contributed by atoms with Crippen LogP contribution in [0.25, 0.3) is 9.88 Å². The zero-order valence-electron chi connectivity index (χ0n) is 16.6. The van der Waals surface area contributed by atoms with E-state index in [1.807, 2.05) is 31.4 Å². The molecule has 0 atom stereocenters. The first kappa shape index (κ1) is 21.7. The lowest BCUT2D eigenvalue weighted by Crippen LogP contribution is -2.30. The van der Waals surface area contributed by atoms with Crippen LogP contribution >= 0.6 is 22.7 Å². The highest BCUT2D eigenvalue weighted by Gasteiger charge is 2.16. The smallest absolute Gasteiger partial charge is 0.358 e. The number of rotatable bonds is 8. The standard InChI is InChI=1S/C21H21N3O4S2/c1-3-24(4-2)20(26)14-7-9-15(10-8-14)22-18(25)12-28-21(27)16-13-30-19(23-16)17-6-5-11-29-17/h5-11,13H,3-4,12H2,1-2H3,(H,22,25). The van der Waals surface area contributed by atoms with Crippen LogP contribution in [0.15, 0.2) is 47.2 Å². The number of benzene rings is 1. The molecule has 9 heteroatoms. The maximum Gasteiger partial charge on any atom is 0.358 e. The van der Waals surface area contributed by atoms with Gasteiger partial charge < -0.3 is 15.0 Å². The van der Waals surface area contributed by atoms with Crippen LogP contribution in [0.5, 0.6) is 0 Å². The number of hydrogen-bond donors (Lipinski definition) is 1. The average Bonchev–Trinajstić information content (AvgIpc) is 3.45. The number of anilines is 1. The second kappa shape index (κ2) is 10.1. The lowest BCUT2D eigenvalue weighted by Gasteiger charge is -2.18. The first-order valence-electron chi connectivity index (χ1n) is 9.37. The lowest BCUT2D eigenvalue weighted by atomic mass is 10.2. The number of nitrogens with zero attached hydrogens (tertiary/aromatic N) is 2. The Bertz CT molecular complexity index is 1010. The average molecular weight is 444 g/mol. The summed E-state index contributed by atoms with van der Waals surface area (Å²) in [6, 6.07) is 10.4. The number of ether oxygens (including phenoxy) is 1. The van der Waals surface area contributed by atoms with Gasteiger partial charge in [0, 0.05) is 29.7 Å². The van der Waals surface area contributed by atoms with Crippen molar-refractivity contribution in [3.8, 4) is 9.88 Å². The molecule has 0 aliphatic carbocycles. The molecule has 0 saturated carbocycles. The highest BCUT2D eigenvalue weighted by Crippen LogP contribution is 2.27. The van der Waals surface area contributed by atoms with Crippen molar-refractivity contribution in [2.24, 2.45) is 0 Å². The SMILES string of the molecule is CCN(CC)C(=O)c1ccc(NC(=O)COC(=O)c2csc(-c3cccs3)n2)cc1. The van der Waals surface area contributed by atoms with E-state index in [0.29, 0.717) is 24.3 Å². The highest BCUT2D eigenvalue weighted by atomic mass is 32.1. The molecule has 3 aromatic rings. The van der Waals surface area contributed by atoms with Gasteiger partial charge in [-0.05, 0) is 49.6 Å². The first-order valence-corrected chi connectivity index (χ1v) is 11.1. The minimum atomic E-state index is -0.649. The summed E-state index contributed by atoms with van der Waals surface area (Å²) < 4.78 is 5.05. The second-order valence-corrected chi connectivity index (χ2v) is 8.00. The van der Waals surface area contributed by atoms with Crippen molar-refractivity contribution in [2.75, 3.05) is 25.0 Å². The molecule has 3 rings (SSSR count). The van der Waals surface area contributed by atoms with Crippen molar-refractivity contribution < 1.29 is 19.1 Å². The molecule has 0 spiro atoms. The van der Waals surface area contributed by atoms with Gasteiger partial charge in [0.1, 0.15) is 5.01 Å². The largest absolute Gasteiger partial charge is 0.451 e. The molecule has 7 nitrogen and oxygen atoms in total. The zero-order valence-corrected chi connectivity index (χ0v) is 18.2. The van der Waals surface area contributed by atoms with Gasteiger partial charge in [-0.25, -0.2) is 9.78 Å². The van der Waals surface area contributed by atoms with Gasteiger partial charge in [0.25, 0.3) is 11.8 Å². The summed E-state index contributed by atoms with van der Waals surface area (Å²) in [6.07, 6.45) is 0. The number of carbonyl (C=O) groups is 3. The number of aromatic nitrogens is 1.